The number of carboxylic acids is 1. The minimum Gasteiger partial charge on any atom is -0.481 e. The first-order valence-electron chi connectivity index (χ1n) is 6.47. The molecule has 1 fully saturated rings. The molecule has 3 N–H and O–H groups in total. The zero-order valence-electron chi connectivity index (χ0n) is 11.1. The number of rotatable bonds is 5. The van der Waals surface area contributed by atoms with Crippen LogP contribution in [0.15, 0.2) is 24.3 Å². The summed E-state index contributed by atoms with van der Waals surface area (Å²) in [5.74, 6) is -1.27. The number of nitrogens with one attached hydrogen (secondary N) is 2. The fraction of sp³-hybridized carbons (Fsp3) is 0.429. The van der Waals surface area contributed by atoms with Gasteiger partial charge >= 0.3 is 12.0 Å². The van der Waals surface area contributed by atoms with E-state index in [1.54, 1.807) is 25.1 Å². The Morgan fingerprint density at radius 2 is 2.05 bits per heavy atom. The van der Waals surface area contributed by atoms with Crippen molar-refractivity contribution < 1.29 is 19.1 Å². The van der Waals surface area contributed by atoms with Gasteiger partial charge in [-0.3, -0.25) is 4.79 Å². The molecule has 1 aromatic rings. The van der Waals surface area contributed by atoms with Crippen molar-refractivity contribution >= 4 is 12.0 Å². The molecule has 1 aromatic carbocycles. The number of urea groups is 1. The Balaban J connectivity index is 1.86. The van der Waals surface area contributed by atoms with Gasteiger partial charge in [0.2, 0.25) is 0 Å². The molecule has 0 bridgehead atoms. The molecule has 0 heterocycles. The van der Waals surface area contributed by atoms with Gasteiger partial charge in [0.05, 0.1) is 11.5 Å². The Labute approximate surface area is 116 Å². The van der Waals surface area contributed by atoms with Crippen molar-refractivity contribution in [3.63, 3.8) is 0 Å². The Morgan fingerprint density at radius 1 is 1.40 bits per heavy atom. The highest BCUT2D eigenvalue weighted by atomic mass is 19.1. The average Bonchev–Trinajstić information content (AvgIpc) is 3.18. The summed E-state index contributed by atoms with van der Waals surface area (Å²) in [6.45, 7) is 1.76. The zero-order valence-corrected chi connectivity index (χ0v) is 11.1. The van der Waals surface area contributed by atoms with Gasteiger partial charge in [0.15, 0.2) is 0 Å². The molecule has 0 spiro atoms. The highest BCUT2D eigenvalue weighted by Crippen LogP contribution is 2.45. The van der Waals surface area contributed by atoms with E-state index >= 15 is 0 Å². The molecule has 20 heavy (non-hydrogen) atoms. The Kier molecular flexibility index (Phi) is 3.92. The summed E-state index contributed by atoms with van der Waals surface area (Å²) >= 11 is 0. The summed E-state index contributed by atoms with van der Waals surface area (Å²) in [6, 6.07) is 5.21. The second kappa shape index (κ2) is 5.48. The number of carbonyl (C=O) groups excluding carboxylic acids is 1. The van der Waals surface area contributed by atoms with Crippen LogP contribution in [-0.4, -0.2) is 23.7 Å². The van der Waals surface area contributed by atoms with Crippen molar-refractivity contribution in [1.82, 2.24) is 10.6 Å². The van der Waals surface area contributed by atoms with Crippen LogP contribution in [0.2, 0.25) is 0 Å². The van der Waals surface area contributed by atoms with Gasteiger partial charge in [-0.05, 0) is 25.8 Å². The standard InChI is InChI=1S/C14H17FN2O3/c1-9(10-4-2-3-5-11(10)15)17-13(20)16-8-14(6-7-14)12(18)19/h2-5,9H,6-8H2,1H3,(H,18,19)(H2,16,17,20). The van der Waals surface area contributed by atoms with E-state index in [0.717, 1.165) is 0 Å². The lowest BCUT2D eigenvalue weighted by molar-refractivity contribution is -0.143. The molecule has 5 nitrogen and oxygen atoms in total. The summed E-state index contributed by atoms with van der Waals surface area (Å²) in [4.78, 5) is 22.7. The number of amides is 2. The molecule has 0 radical (unpaired) electrons. The quantitative estimate of drug-likeness (QED) is 0.772. The normalized spacial score (nSPS) is 17.1. The summed E-state index contributed by atoms with van der Waals surface area (Å²) < 4.78 is 13.5. The van der Waals surface area contributed by atoms with Gasteiger partial charge in [-0.15, -0.1) is 0 Å². The highest BCUT2D eigenvalue weighted by molar-refractivity contribution is 5.80. The highest BCUT2D eigenvalue weighted by Gasteiger charge is 2.50. The maximum atomic E-state index is 13.5. The van der Waals surface area contributed by atoms with Crippen LogP contribution >= 0.6 is 0 Å². The summed E-state index contributed by atoms with van der Waals surface area (Å²) in [5, 5.41) is 14.1. The Morgan fingerprint density at radius 3 is 2.60 bits per heavy atom. The number of hydrogen-bond acceptors (Lipinski definition) is 2. The van der Waals surface area contributed by atoms with Crippen molar-refractivity contribution in [3.8, 4) is 0 Å². The van der Waals surface area contributed by atoms with Crippen molar-refractivity contribution in [2.45, 2.75) is 25.8 Å². The van der Waals surface area contributed by atoms with Crippen molar-refractivity contribution in [2.75, 3.05) is 6.54 Å². The number of halogens is 1. The molecule has 6 heteroatoms. The predicted octanol–water partition coefficient (Wildman–Crippen LogP) is 2.05. The minimum atomic E-state index is -0.889. The maximum Gasteiger partial charge on any atom is 0.315 e. The molecular weight excluding hydrogens is 263 g/mol. The third kappa shape index (κ3) is 3.07. The topological polar surface area (TPSA) is 78.4 Å². The zero-order chi connectivity index (χ0) is 14.8. The molecule has 0 saturated heterocycles. The van der Waals surface area contributed by atoms with Gasteiger partial charge in [-0.25, -0.2) is 9.18 Å². The smallest absolute Gasteiger partial charge is 0.315 e. The fourth-order valence-corrected chi connectivity index (χ4v) is 2.02. The first-order valence-corrected chi connectivity index (χ1v) is 6.47. The van der Waals surface area contributed by atoms with Crippen LogP contribution < -0.4 is 10.6 Å². The van der Waals surface area contributed by atoms with E-state index in [4.69, 9.17) is 5.11 Å². The molecule has 1 saturated carbocycles. The summed E-state index contributed by atoms with van der Waals surface area (Å²) in [7, 11) is 0. The molecular formula is C14H17FN2O3. The predicted molar refractivity (Wildman–Crippen MR) is 70.7 cm³/mol. The lowest BCUT2D eigenvalue weighted by Gasteiger charge is -2.17. The third-order valence-electron chi connectivity index (χ3n) is 3.61. The largest absolute Gasteiger partial charge is 0.481 e. The van der Waals surface area contributed by atoms with E-state index in [2.05, 4.69) is 10.6 Å². The van der Waals surface area contributed by atoms with E-state index in [0.29, 0.717) is 18.4 Å². The maximum absolute atomic E-state index is 13.5. The first-order chi connectivity index (χ1) is 9.44. The van der Waals surface area contributed by atoms with Crippen LogP contribution in [0.25, 0.3) is 0 Å². The average molecular weight is 280 g/mol. The van der Waals surface area contributed by atoms with Crippen molar-refractivity contribution in [2.24, 2.45) is 5.41 Å². The lowest BCUT2D eigenvalue weighted by atomic mass is 10.1. The fourth-order valence-electron chi connectivity index (χ4n) is 2.02. The van der Waals surface area contributed by atoms with E-state index < -0.39 is 23.5 Å². The Hall–Kier alpha value is -2.11. The van der Waals surface area contributed by atoms with Gasteiger partial charge < -0.3 is 15.7 Å². The molecule has 0 aromatic heterocycles. The number of carboxylic acid groups (broad SMARTS) is 1. The van der Waals surface area contributed by atoms with Crippen molar-refractivity contribution in [1.29, 1.82) is 0 Å². The summed E-state index contributed by atoms with van der Waals surface area (Å²) in [5.41, 5.74) is -0.416. The SMILES string of the molecule is CC(NC(=O)NCC1(C(=O)O)CC1)c1ccccc1F. The van der Waals surface area contributed by atoms with Crippen LogP contribution in [0.4, 0.5) is 9.18 Å². The molecule has 2 amide bonds. The number of hydrogen-bond donors (Lipinski definition) is 3. The van der Waals surface area contributed by atoms with Crippen LogP contribution in [-0.2, 0) is 4.79 Å². The van der Waals surface area contributed by atoms with E-state index in [1.807, 2.05) is 0 Å². The van der Waals surface area contributed by atoms with Gasteiger partial charge in [0.25, 0.3) is 0 Å². The van der Waals surface area contributed by atoms with Crippen LogP contribution in [0.3, 0.4) is 0 Å². The third-order valence-corrected chi connectivity index (χ3v) is 3.61. The van der Waals surface area contributed by atoms with E-state index in [-0.39, 0.29) is 12.4 Å². The van der Waals surface area contributed by atoms with Crippen LogP contribution in [0, 0.1) is 11.2 Å². The molecule has 108 valence electrons. The number of carbonyl (C=O) groups is 2. The van der Waals surface area contributed by atoms with E-state index in [1.165, 1.54) is 6.07 Å². The van der Waals surface area contributed by atoms with Gasteiger partial charge in [0.1, 0.15) is 5.82 Å². The minimum absolute atomic E-state index is 0.0954. The van der Waals surface area contributed by atoms with Gasteiger partial charge in [-0.2, -0.15) is 0 Å². The lowest BCUT2D eigenvalue weighted by Crippen LogP contribution is -2.41. The molecule has 1 aliphatic rings. The molecule has 2 rings (SSSR count). The van der Waals surface area contributed by atoms with Gasteiger partial charge in [-0.1, -0.05) is 18.2 Å². The second-order valence-electron chi connectivity index (χ2n) is 5.16. The summed E-state index contributed by atoms with van der Waals surface area (Å²) in [6.07, 6.45) is 1.15. The van der Waals surface area contributed by atoms with Crippen LogP contribution in [0.5, 0.6) is 0 Å². The molecule has 1 atom stereocenters. The van der Waals surface area contributed by atoms with E-state index in [9.17, 15) is 14.0 Å². The first kappa shape index (κ1) is 14.3. The Bertz CT molecular complexity index is 529. The molecule has 1 aliphatic carbocycles. The van der Waals surface area contributed by atoms with Crippen molar-refractivity contribution in [3.05, 3.63) is 35.6 Å². The molecule has 0 aliphatic heterocycles. The monoisotopic (exact) mass is 280 g/mol. The number of aliphatic carboxylic acids is 1. The second-order valence-corrected chi connectivity index (χ2v) is 5.16. The number of benzene rings is 1. The van der Waals surface area contributed by atoms with Gasteiger partial charge in [0, 0.05) is 12.1 Å². The van der Waals surface area contributed by atoms with Crippen LogP contribution in [0.1, 0.15) is 31.4 Å². The molecule has 1 unspecified atom stereocenters.